The van der Waals surface area contributed by atoms with Crippen LogP contribution in [0.3, 0.4) is 0 Å². The summed E-state index contributed by atoms with van der Waals surface area (Å²) in [5.74, 6) is 0. The van der Waals surface area contributed by atoms with Crippen LogP contribution in [0, 0.1) is 0 Å². The van der Waals surface area contributed by atoms with Crippen LogP contribution in [0.2, 0.25) is 0 Å². The van der Waals surface area contributed by atoms with Gasteiger partial charge in [-0.25, -0.2) is 0 Å². The van der Waals surface area contributed by atoms with Gasteiger partial charge in [0.25, 0.3) is 0 Å². The summed E-state index contributed by atoms with van der Waals surface area (Å²) in [6.45, 7) is 3.57. The summed E-state index contributed by atoms with van der Waals surface area (Å²) in [6.07, 6.45) is 10.3. The highest BCUT2D eigenvalue weighted by Gasteiger charge is 2.32. The highest BCUT2D eigenvalue weighted by atomic mass is 32.1. The van der Waals surface area contributed by atoms with Crippen LogP contribution in [0.4, 0.5) is 0 Å². The molecule has 2 nitrogen and oxygen atoms in total. The molecule has 1 atom stereocenters. The molecule has 0 saturated heterocycles. The van der Waals surface area contributed by atoms with E-state index < -0.39 is 0 Å². The number of nitrogens with zero attached hydrogens (tertiary/aromatic N) is 1. The number of thiophene rings is 1. The van der Waals surface area contributed by atoms with Crippen molar-refractivity contribution in [3.63, 3.8) is 0 Å². The third-order valence-electron chi connectivity index (χ3n) is 5.11. The van der Waals surface area contributed by atoms with Gasteiger partial charge >= 0.3 is 0 Å². The van der Waals surface area contributed by atoms with Gasteiger partial charge in [0.15, 0.2) is 0 Å². The molecule has 1 heterocycles. The van der Waals surface area contributed by atoms with Crippen molar-refractivity contribution < 1.29 is 0 Å². The molecule has 3 heteroatoms. The lowest BCUT2D eigenvalue weighted by Crippen LogP contribution is -2.43. The highest BCUT2D eigenvalue weighted by Crippen LogP contribution is 2.40. The Hall–Kier alpha value is -0.380. The van der Waals surface area contributed by atoms with Gasteiger partial charge in [-0.3, -0.25) is 4.90 Å². The predicted octanol–water partition coefficient (Wildman–Crippen LogP) is 4.11. The maximum absolute atomic E-state index is 6.09. The summed E-state index contributed by atoms with van der Waals surface area (Å²) in [4.78, 5) is 4.48. The molecule has 0 spiro atoms. The van der Waals surface area contributed by atoms with Crippen LogP contribution in [-0.2, 0) is 6.42 Å². The normalized spacial score (nSPS) is 30.4. The van der Waals surface area contributed by atoms with Crippen molar-refractivity contribution in [1.82, 2.24) is 4.90 Å². The number of fused-ring (bicyclic) bond motifs is 1. The maximum atomic E-state index is 6.09. The van der Waals surface area contributed by atoms with Crippen molar-refractivity contribution in [2.75, 3.05) is 6.54 Å². The average molecular weight is 292 g/mol. The Labute approximate surface area is 127 Å². The van der Waals surface area contributed by atoms with Gasteiger partial charge in [0.2, 0.25) is 0 Å². The predicted molar refractivity (Wildman–Crippen MR) is 87.2 cm³/mol. The molecule has 0 aromatic carbocycles. The number of aryl methyl sites for hydroxylation is 1. The first-order valence-corrected chi connectivity index (χ1v) is 9.25. The molecule has 1 aromatic heterocycles. The maximum Gasteiger partial charge on any atom is 0.0362 e. The van der Waals surface area contributed by atoms with Crippen molar-refractivity contribution in [3.05, 3.63) is 21.9 Å². The second kappa shape index (κ2) is 6.59. The lowest BCUT2D eigenvalue weighted by Gasteiger charge is -2.42. The molecule has 112 valence electrons. The molecule has 1 unspecified atom stereocenters. The van der Waals surface area contributed by atoms with E-state index in [0.29, 0.717) is 12.1 Å². The fraction of sp³-hybridized carbons (Fsp3) is 0.765. The molecule has 0 amide bonds. The zero-order valence-corrected chi connectivity index (χ0v) is 13.5. The summed E-state index contributed by atoms with van der Waals surface area (Å²) in [5.41, 5.74) is 7.74. The molecule has 3 rings (SSSR count). The van der Waals surface area contributed by atoms with Gasteiger partial charge in [0, 0.05) is 23.0 Å². The Morgan fingerprint density at radius 1 is 1.25 bits per heavy atom. The quantitative estimate of drug-likeness (QED) is 0.905. The van der Waals surface area contributed by atoms with E-state index in [1.807, 2.05) is 11.3 Å². The third-order valence-corrected chi connectivity index (χ3v) is 6.11. The largest absolute Gasteiger partial charge is 0.328 e. The standard InChI is InChI=1S/C17H28N2S/c1-2-11-19(14-8-6-13(18)7-9-14)16-4-3-5-17-15(16)10-12-20-17/h10,12-14,16H,2-9,11,18H2,1H3. The Balaban J connectivity index is 1.77. The molecule has 2 aliphatic rings. The van der Waals surface area contributed by atoms with Crippen LogP contribution in [-0.4, -0.2) is 23.5 Å². The van der Waals surface area contributed by atoms with Crippen molar-refractivity contribution >= 4 is 11.3 Å². The van der Waals surface area contributed by atoms with E-state index in [1.54, 1.807) is 10.4 Å². The first kappa shape index (κ1) is 14.6. The van der Waals surface area contributed by atoms with E-state index in [9.17, 15) is 0 Å². The molecule has 0 radical (unpaired) electrons. The SMILES string of the molecule is CCCN(C1CCC(N)CC1)C1CCCc2sccc21. The summed E-state index contributed by atoms with van der Waals surface area (Å²) >= 11 is 1.96. The average Bonchev–Trinajstić information content (AvgIpc) is 2.94. The first-order chi connectivity index (χ1) is 9.79. The van der Waals surface area contributed by atoms with Gasteiger partial charge in [-0.05, 0) is 74.9 Å². The summed E-state index contributed by atoms with van der Waals surface area (Å²) < 4.78 is 0. The fourth-order valence-electron chi connectivity index (χ4n) is 4.09. The summed E-state index contributed by atoms with van der Waals surface area (Å²) in [6, 6.07) is 4.30. The molecule has 2 N–H and O–H groups in total. The van der Waals surface area contributed by atoms with E-state index in [2.05, 4.69) is 23.3 Å². The molecule has 1 fully saturated rings. The fourth-order valence-corrected chi connectivity index (χ4v) is 5.07. The zero-order valence-electron chi connectivity index (χ0n) is 12.7. The molecule has 20 heavy (non-hydrogen) atoms. The van der Waals surface area contributed by atoms with Gasteiger partial charge in [-0.15, -0.1) is 11.3 Å². The van der Waals surface area contributed by atoms with Gasteiger partial charge in [-0.1, -0.05) is 6.92 Å². The Bertz CT molecular complexity index is 420. The molecular weight excluding hydrogens is 264 g/mol. The smallest absolute Gasteiger partial charge is 0.0362 e. The van der Waals surface area contributed by atoms with E-state index in [-0.39, 0.29) is 0 Å². The van der Waals surface area contributed by atoms with E-state index in [0.717, 1.165) is 6.04 Å². The summed E-state index contributed by atoms with van der Waals surface area (Å²) in [5, 5.41) is 2.30. The zero-order chi connectivity index (χ0) is 13.9. The molecule has 1 aromatic rings. The highest BCUT2D eigenvalue weighted by molar-refractivity contribution is 7.10. The monoisotopic (exact) mass is 292 g/mol. The number of hydrogen-bond acceptors (Lipinski definition) is 3. The van der Waals surface area contributed by atoms with Gasteiger partial charge < -0.3 is 5.73 Å². The second-order valence-electron chi connectivity index (χ2n) is 6.51. The Kier molecular flexibility index (Phi) is 4.79. The minimum atomic E-state index is 0.456. The van der Waals surface area contributed by atoms with Crippen molar-refractivity contribution in [2.45, 2.75) is 76.4 Å². The van der Waals surface area contributed by atoms with Crippen LogP contribution < -0.4 is 5.73 Å². The molecule has 2 aliphatic carbocycles. The molecule has 0 bridgehead atoms. The van der Waals surface area contributed by atoms with Gasteiger partial charge in [0.05, 0.1) is 0 Å². The lowest BCUT2D eigenvalue weighted by molar-refractivity contribution is 0.0894. The van der Waals surface area contributed by atoms with Crippen molar-refractivity contribution in [3.8, 4) is 0 Å². The van der Waals surface area contributed by atoms with E-state index >= 15 is 0 Å². The van der Waals surface area contributed by atoms with Crippen molar-refractivity contribution in [2.24, 2.45) is 5.73 Å². The van der Waals surface area contributed by atoms with Crippen LogP contribution in [0.25, 0.3) is 0 Å². The third kappa shape index (κ3) is 2.95. The van der Waals surface area contributed by atoms with Gasteiger partial charge in [-0.2, -0.15) is 0 Å². The van der Waals surface area contributed by atoms with E-state index in [4.69, 9.17) is 5.73 Å². The second-order valence-corrected chi connectivity index (χ2v) is 7.51. The van der Waals surface area contributed by atoms with Crippen LogP contribution >= 0.6 is 11.3 Å². The van der Waals surface area contributed by atoms with Crippen LogP contribution in [0.5, 0.6) is 0 Å². The molecular formula is C17H28N2S. The summed E-state index contributed by atoms with van der Waals surface area (Å²) in [7, 11) is 0. The minimum absolute atomic E-state index is 0.456. The lowest BCUT2D eigenvalue weighted by atomic mass is 9.86. The number of rotatable bonds is 4. The molecule has 0 aliphatic heterocycles. The van der Waals surface area contributed by atoms with Crippen LogP contribution in [0.1, 0.15) is 68.4 Å². The number of nitrogens with two attached hydrogens (primary N) is 1. The first-order valence-electron chi connectivity index (χ1n) is 8.37. The Morgan fingerprint density at radius 2 is 2.05 bits per heavy atom. The van der Waals surface area contributed by atoms with Gasteiger partial charge in [0.1, 0.15) is 0 Å². The Morgan fingerprint density at radius 3 is 2.80 bits per heavy atom. The number of hydrogen-bond donors (Lipinski definition) is 1. The van der Waals surface area contributed by atoms with Crippen LogP contribution in [0.15, 0.2) is 11.4 Å². The topological polar surface area (TPSA) is 29.3 Å². The molecule has 1 saturated carbocycles. The van der Waals surface area contributed by atoms with E-state index in [1.165, 1.54) is 57.9 Å². The van der Waals surface area contributed by atoms with Crippen molar-refractivity contribution in [1.29, 1.82) is 0 Å². The minimum Gasteiger partial charge on any atom is -0.328 e.